The molecule has 0 radical (unpaired) electrons. The maximum atomic E-state index is 5.32. The van der Waals surface area contributed by atoms with Gasteiger partial charge < -0.3 is 5.32 Å². The predicted molar refractivity (Wildman–Crippen MR) is 144 cm³/mol. The molecule has 0 aliphatic rings. The molecule has 0 heterocycles. The third-order valence-electron chi connectivity index (χ3n) is 6.49. The first kappa shape index (κ1) is 26.2. The summed E-state index contributed by atoms with van der Waals surface area (Å²) in [6.45, 7) is 27.1. The highest BCUT2D eigenvalue weighted by Crippen LogP contribution is 2.39. The predicted octanol–water partition coefficient (Wildman–Crippen LogP) is 9.34. The first-order valence-corrected chi connectivity index (χ1v) is 12.3. The Hall–Kier alpha value is -2.09. The summed E-state index contributed by atoms with van der Waals surface area (Å²) in [5.74, 6) is 1.34. The highest BCUT2D eigenvalue weighted by atomic mass is 15.0. The molecule has 0 atom stereocenters. The third-order valence-corrected chi connectivity index (χ3v) is 6.49. The van der Waals surface area contributed by atoms with Crippen molar-refractivity contribution in [1.82, 2.24) is 0 Å². The minimum atomic E-state index is -0.284. The smallest absolute Gasteiger partial charge is 0.0701 e. The Morgan fingerprint density at radius 3 is 1.59 bits per heavy atom. The van der Waals surface area contributed by atoms with Crippen molar-refractivity contribution in [3.8, 4) is 0 Å². The Balaban J connectivity index is 2.62. The molecule has 0 saturated carbocycles. The summed E-state index contributed by atoms with van der Waals surface area (Å²) in [5, 5.41) is 3.91. The Morgan fingerprint density at radius 2 is 1.16 bits per heavy atom. The first-order valence-electron chi connectivity index (χ1n) is 12.3. The van der Waals surface area contributed by atoms with E-state index in [2.05, 4.69) is 125 Å². The fourth-order valence-electron chi connectivity index (χ4n) is 4.16. The average Bonchev–Trinajstić information content (AvgIpc) is 2.66. The minimum absolute atomic E-state index is 0.0383. The quantitative estimate of drug-likeness (QED) is 0.431. The molecule has 0 saturated heterocycles. The van der Waals surface area contributed by atoms with Gasteiger partial charge in [-0.25, -0.2) is 0 Å². The minimum Gasteiger partial charge on any atom is -0.374 e. The van der Waals surface area contributed by atoms with E-state index in [9.17, 15) is 0 Å². The molecule has 0 aliphatic carbocycles. The maximum Gasteiger partial charge on any atom is 0.0701 e. The van der Waals surface area contributed by atoms with Crippen molar-refractivity contribution in [2.75, 3.05) is 5.32 Å². The second-order valence-electron chi connectivity index (χ2n) is 11.7. The van der Waals surface area contributed by atoms with Gasteiger partial charge in [0, 0.05) is 11.4 Å². The van der Waals surface area contributed by atoms with Crippen LogP contribution in [0, 0.1) is 0 Å². The number of anilines is 1. The molecule has 32 heavy (non-hydrogen) atoms. The highest BCUT2D eigenvalue weighted by Gasteiger charge is 2.27. The molecule has 2 aromatic rings. The van der Waals surface area contributed by atoms with E-state index in [1.807, 2.05) is 0 Å². The van der Waals surface area contributed by atoms with Gasteiger partial charge in [0.15, 0.2) is 0 Å². The van der Waals surface area contributed by atoms with Crippen LogP contribution >= 0.6 is 0 Å². The number of rotatable bonds is 7. The van der Waals surface area contributed by atoms with Gasteiger partial charge in [0.25, 0.3) is 0 Å². The fraction of sp³-hybridized carbons (Fsp3) is 0.567. The molecule has 0 unspecified atom stereocenters. The highest BCUT2D eigenvalue weighted by molar-refractivity contribution is 5.96. The molecule has 0 aromatic heterocycles. The van der Waals surface area contributed by atoms with E-state index < -0.39 is 0 Å². The zero-order chi connectivity index (χ0) is 24.4. The number of hydrogen-bond acceptors (Lipinski definition) is 2. The van der Waals surface area contributed by atoms with Gasteiger partial charge in [-0.1, -0.05) is 98.7 Å². The van der Waals surface area contributed by atoms with Crippen molar-refractivity contribution in [1.29, 1.82) is 0 Å². The van der Waals surface area contributed by atoms with Gasteiger partial charge in [-0.15, -0.1) is 0 Å². The molecule has 0 bridgehead atoms. The Kier molecular flexibility index (Phi) is 8.02. The molecular weight excluding hydrogens is 388 g/mol. The van der Waals surface area contributed by atoms with Crippen LogP contribution in [0.3, 0.4) is 0 Å². The van der Waals surface area contributed by atoms with Gasteiger partial charge in [0.1, 0.15) is 0 Å². The molecule has 0 spiro atoms. The SMILES string of the molecule is CC(=Nc1c(C(C)C)cccc1C(C)(C)C)C(C)(C)Nc1c(C(C)C)cccc1C(C)C. The van der Waals surface area contributed by atoms with Crippen molar-refractivity contribution in [2.45, 2.75) is 112 Å². The van der Waals surface area contributed by atoms with Crippen molar-refractivity contribution >= 4 is 17.1 Å². The number of nitrogens with zero attached hydrogens (tertiary/aromatic N) is 1. The van der Waals surface area contributed by atoms with E-state index in [-0.39, 0.29) is 11.0 Å². The summed E-state index contributed by atoms with van der Waals surface area (Å²) in [4.78, 5) is 5.32. The molecule has 0 aliphatic heterocycles. The van der Waals surface area contributed by atoms with Crippen molar-refractivity contribution < 1.29 is 0 Å². The lowest BCUT2D eigenvalue weighted by molar-refractivity contribution is 0.589. The Labute approximate surface area is 198 Å². The summed E-state index contributed by atoms with van der Waals surface area (Å²) >= 11 is 0. The van der Waals surface area contributed by atoms with Gasteiger partial charge in [-0.05, 0) is 66.2 Å². The Bertz CT molecular complexity index is 927. The van der Waals surface area contributed by atoms with Crippen LogP contribution in [0.25, 0.3) is 0 Å². The molecule has 1 N–H and O–H groups in total. The van der Waals surface area contributed by atoms with E-state index in [0.29, 0.717) is 17.8 Å². The van der Waals surface area contributed by atoms with Gasteiger partial charge in [-0.2, -0.15) is 0 Å². The largest absolute Gasteiger partial charge is 0.374 e. The number of hydrogen-bond donors (Lipinski definition) is 1. The summed E-state index contributed by atoms with van der Waals surface area (Å²) in [6.07, 6.45) is 0. The van der Waals surface area contributed by atoms with Gasteiger partial charge in [0.05, 0.1) is 11.2 Å². The van der Waals surface area contributed by atoms with Crippen LogP contribution in [-0.2, 0) is 5.41 Å². The van der Waals surface area contributed by atoms with Crippen LogP contribution < -0.4 is 5.32 Å². The lowest BCUT2D eigenvalue weighted by Crippen LogP contribution is -2.39. The molecule has 176 valence electrons. The van der Waals surface area contributed by atoms with Gasteiger partial charge >= 0.3 is 0 Å². The van der Waals surface area contributed by atoms with Gasteiger partial charge in [-0.3, -0.25) is 4.99 Å². The zero-order valence-electron chi connectivity index (χ0n) is 22.6. The lowest BCUT2D eigenvalue weighted by atomic mass is 9.83. The summed E-state index contributed by atoms with van der Waals surface area (Å²) < 4.78 is 0. The molecular formula is C30H46N2. The van der Waals surface area contributed by atoms with Crippen LogP contribution in [0.1, 0.15) is 123 Å². The van der Waals surface area contributed by atoms with E-state index in [1.165, 1.54) is 27.9 Å². The third kappa shape index (κ3) is 5.82. The van der Waals surface area contributed by atoms with Gasteiger partial charge in [0.2, 0.25) is 0 Å². The lowest BCUT2D eigenvalue weighted by Gasteiger charge is -2.33. The maximum absolute atomic E-state index is 5.32. The zero-order valence-corrected chi connectivity index (χ0v) is 22.6. The van der Waals surface area contributed by atoms with E-state index in [4.69, 9.17) is 4.99 Å². The molecule has 2 rings (SSSR count). The topological polar surface area (TPSA) is 24.4 Å². The Morgan fingerprint density at radius 1 is 0.719 bits per heavy atom. The van der Waals surface area contributed by atoms with Crippen molar-refractivity contribution in [3.63, 3.8) is 0 Å². The normalized spacial score (nSPS) is 13.4. The molecule has 2 nitrogen and oxygen atoms in total. The average molecular weight is 435 g/mol. The summed E-state index contributed by atoms with van der Waals surface area (Å²) in [6, 6.07) is 13.4. The summed E-state index contributed by atoms with van der Waals surface area (Å²) in [7, 11) is 0. The molecule has 2 aromatic carbocycles. The number of benzene rings is 2. The van der Waals surface area contributed by atoms with Crippen LogP contribution in [0.2, 0.25) is 0 Å². The summed E-state index contributed by atoms with van der Waals surface area (Å²) in [5.41, 5.74) is 8.63. The fourth-order valence-corrected chi connectivity index (χ4v) is 4.16. The molecule has 0 fully saturated rings. The number of nitrogens with one attached hydrogen (secondary N) is 1. The second kappa shape index (κ2) is 9.81. The second-order valence-corrected chi connectivity index (χ2v) is 11.7. The number of aliphatic imine (C=N–C) groups is 1. The van der Waals surface area contributed by atoms with Crippen LogP contribution in [0.4, 0.5) is 11.4 Å². The first-order chi connectivity index (χ1) is 14.7. The standard InChI is InChI=1S/C30H46N2/c1-19(2)23-15-13-16-24(20(3)4)27(23)32-30(11,12)22(7)31-28-25(21(5)6)17-14-18-26(28)29(8,9)10/h13-21,32H,1-12H3. The van der Waals surface area contributed by atoms with E-state index in [1.54, 1.807) is 0 Å². The number of para-hydroxylation sites is 2. The van der Waals surface area contributed by atoms with Crippen molar-refractivity contribution in [2.24, 2.45) is 4.99 Å². The van der Waals surface area contributed by atoms with Crippen LogP contribution in [0.5, 0.6) is 0 Å². The molecule has 0 amide bonds. The van der Waals surface area contributed by atoms with Crippen LogP contribution in [0.15, 0.2) is 41.4 Å². The monoisotopic (exact) mass is 434 g/mol. The van der Waals surface area contributed by atoms with Crippen molar-refractivity contribution in [3.05, 3.63) is 58.7 Å². The van der Waals surface area contributed by atoms with E-state index in [0.717, 1.165) is 11.4 Å². The van der Waals surface area contributed by atoms with Crippen LogP contribution in [-0.4, -0.2) is 11.3 Å². The van der Waals surface area contributed by atoms with E-state index >= 15 is 0 Å². The molecule has 2 heteroatoms.